The molecule has 1 rings (SSSR count). The lowest BCUT2D eigenvalue weighted by molar-refractivity contribution is -0.127. The molecule has 2 heteroatoms. The van der Waals surface area contributed by atoms with E-state index < -0.39 is 0 Å². The zero-order valence-electron chi connectivity index (χ0n) is 9.18. The minimum atomic E-state index is 0.326. The maximum atomic E-state index is 10.7. The second kappa shape index (κ2) is 10.5. The molecule has 0 bridgehead atoms. The topological polar surface area (TPSA) is 20.3 Å². The molecular weight excluding hydrogens is 150 g/mol. The van der Waals surface area contributed by atoms with Gasteiger partial charge in [-0.3, -0.25) is 4.79 Å². The SMILES string of the molecule is CC.CC.CCN1CCCC1=O. The van der Waals surface area contributed by atoms with Gasteiger partial charge in [0, 0.05) is 19.5 Å². The summed E-state index contributed by atoms with van der Waals surface area (Å²) in [4.78, 5) is 12.6. The molecule has 1 heterocycles. The van der Waals surface area contributed by atoms with Gasteiger partial charge >= 0.3 is 0 Å². The molecule has 0 saturated carbocycles. The molecule has 0 aliphatic carbocycles. The Hall–Kier alpha value is -0.530. The summed E-state index contributed by atoms with van der Waals surface area (Å²) < 4.78 is 0. The van der Waals surface area contributed by atoms with Crippen LogP contribution in [0, 0.1) is 0 Å². The van der Waals surface area contributed by atoms with Crippen LogP contribution >= 0.6 is 0 Å². The first-order valence-corrected chi connectivity index (χ1v) is 5.12. The molecule has 1 aliphatic rings. The Bertz CT molecular complexity index is 102. The van der Waals surface area contributed by atoms with Gasteiger partial charge in [-0.05, 0) is 13.3 Å². The molecular formula is C10H23NO. The van der Waals surface area contributed by atoms with Crippen LogP contribution in [0.15, 0.2) is 0 Å². The fourth-order valence-electron chi connectivity index (χ4n) is 1.04. The number of carbonyl (C=O) groups is 1. The van der Waals surface area contributed by atoms with Gasteiger partial charge in [-0.1, -0.05) is 27.7 Å². The third-order valence-electron chi connectivity index (χ3n) is 1.55. The van der Waals surface area contributed by atoms with Crippen molar-refractivity contribution < 1.29 is 4.79 Å². The summed E-state index contributed by atoms with van der Waals surface area (Å²) in [7, 11) is 0. The molecule has 0 unspecified atom stereocenters. The van der Waals surface area contributed by atoms with Gasteiger partial charge in [-0.15, -0.1) is 0 Å². The smallest absolute Gasteiger partial charge is 0.222 e. The average molecular weight is 173 g/mol. The van der Waals surface area contributed by atoms with Crippen molar-refractivity contribution >= 4 is 5.91 Å². The van der Waals surface area contributed by atoms with Gasteiger partial charge in [-0.25, -0.2) is 0 Å². The monoisotopic (exact) mass is 173 g/mol. The van der Waals surface area contributed by atoms with Crippen LogP contribution in [0.4, 0.5) is 0 Å². The number of rotatable bonds is 1. The lowest BCUT2D eigenvalue weighted by Gasteiger charge is -2.10. The maximum absolute atomic E-state index is 10.7. The highest BCUT2D eigenvalue weighted by atomic mass is 16.2. The summed E-state index contributed by atoms with van der Waals surface area (Å²) in [6, 6.07) is 0. The number of hydrogen-bond donors (Lipinski definition) is 0. The Balaban J connectivity index is 0. The highest BCUT2D eigenvalue weighted by Gasteiger charge is 2.16. The summed E-state index contributed by atoms with van der Waals surface area (Å²) in [5, 5.41) is 0. The molecule has 0 N–H and O–H groups in total. The van der Waals surface area contributed by atoms with E-state index in [1.54, 1.807) is 0 Å². The number of likely N-dealkylation sites (tertiary alicyclic amines) is 1. The van der Waals surface area contributed by atoms with Crippen LogP contribution in [0.2, 0.25) is 0 Å². The molecule has 0 radical (unpaired) electrons. The van der Waals surface area contributed by atoms with Crippen molar-refractivity contribution in [1.29, 1.82) is 0 Å². The third-order valence-corrected chi connectivity index (χ3v) is 1.55. The van der Waals surface area contributed by atoms with Gasteiger partial charge in [0.25, 0.3) is 0 Å². The lowest BCUT2D eigenvalue weighted by atomic mass is 10.4. The first kappa shape index (κ1) is 14.0. The first-order valence-electron chi connectivity index (χ1n) is 5.12. The molecule has 2 nitrogen and oxygen atoms in total. The van der Waals surface area contributed by atoms with E-state index in [1.165, 1.54) is 0 Å². The molecule has 1 fully saturated rings. The molecule has 1 saturated heterocycles. The average Bonchev–Trinajstić information content (AvgIpc) is 2.58. The van der Waals surface area contributed by atoms with Crippen LogP contribution in [0.5, 0.6) is 0 Å². The summed E-state index contributed by atoms with van der Waals surface area (Å²) in [5.74, 6) is 0.326. The van der Waals surface area contributed by atoms with Crippen molar-refractivity contribution in [2.45, 2.75) is 47.5 Å². The lowest BCUT2D eigenvalue weighted by Crippen LogP contribution is -2.23. The van der Waals surface area contributed by atoms with Crippen molar-refractivity contribution in [1.82, 2.24) is 4.90 Å². The van der Waals surface area contributed by atoms with Crippen LogP contribution in [-0.2, 0) is 4.79 Å². The first-order chi connectivity index (χ1) is 5.84. The van der Waals surface area contributed by atoms with Crippen molar-refractivity contribution in [2.24, 2.45) is 0 Å². The Morgan fingerprint density at radius 1 is 1.25 bits per heavy atom. The molecule has 0 spiro atoms. The molecule has 0 aromatic rings. The van der Waals surface area contributed by atoms with Crippen molar-refractivity contribution in [3.63, 3.8) is 0 Å². The quantitative estimate of drug-likeness (QED) is 0.597. The number of amides is 1. The highest BCUT2D eigenvalue weighted by molar-refractivity contribution is 5.77. The van der Waals surface area contributed by atoms with Gasteiger partial charge in [0.1, 0.15) is 0 Å². The fraction of sp³-hybridized carbons (Fsp3) is 0.900. The Labute approximate surface area is 77.0 Å². The second-order valence-corrected chi connectivity index (χ2v) is 2.08. The van der Waals surface area contributed by atoms with E-state index in [9.17, 15) is 4.79 Å². The van der Waals surface area contributed by atoms with Crippen LogP contribution in [0.3, 0.4) is 0 Å². The van der Waals surface area contributed by atoms with E-state index in [4.69, 9.17) is 0 Å². The van der Waals surface area contributed by atoms with E-state index in [2.05, 4.69) is 0 Å². The van der Waals surface area contributed by atoms with Crippen LogP contribution < -0.4 is 0 Å². The number of hydrogen-bond acceptors (Lipinski definition) is 1. The third kappa shape index (κ3) is 5.16. The summed E-state index contributed by atoms with van der Waals surface area (Å²) in [6.07, 6.45) is 1.83. The second-order valence-electron chi connectivity index (χ2n) is 2.08. The van der Waals surface area contributed by atoms with E-state index in [0.29, 0.717) is 5.91 Å². The van der Waals surface area contributed by atoms with E-state index in [-0.39, 0.29) is 0 Å². The predicted octanol–water partition coefficient (Wildman–Crippen LogP) is 2.68. The van der Waals surface area contributed by atoms with Gasteiger partial charge in [-0.2, -0.15) is 0 Å². The molecule has 0 atom stereocenters. The predicted molar refractivity (Wildman–Crippen MR) is 54.2 cm³/mol. The zero-order chi connectivity index (χ0) is 9.98. The van der Waals surface area contributed by atoms with Gasteiger partial charge < -0.3 is 4.90 Å². The molecule has 1 amide bonds. The molecule has 12 heavy (non-hydrogen) atoms. The Kier molecular flexibility index (Phi) is 12.2. The Morgan fingerprint density at radius 3 is 1.92 bits per heavy atom. The van der Waals surface area contributed by atoms with Gasteiger partial charge in [0.2, 0.25) is 5.91 Å². The van der Waals surface area contributed by atoms with E-state index in [0.717, 1.165) is 25.9 Å². The number of carbonyl (C=O) groups excluding carboxylic acids is 1. The van der Waals surface area contributed by atoms with Crippen molar-refractivity contribution in [3.05, 3.63) is 0 Å². The van der Waals surface area contributed by atoms with Gasteiger partial charge in [0.15, 0.2) is 0 Å². The molecule has 1 aliphatic heterocycles. The van der Waals surface area contributed by atoms with Crippen LogP contribution in [0.1, 0.15) is 47.5 Å². The van der Waals surface area contributed by atoms with Gasteiger partial charge in [0.05, 0.1) is 0 Å². The maximum Gasteiger partial charge on any atom is 0.222 e. The summed E-state index contributed by atoms with van der Waals surface area (Å²) in [6.45, 7) is 11.9. The molecule has 0 aromatic carbocycles. The van der Waals surface area contributed by atoms with Crippen LogP contribution in [-0.4, -0.2) is 23.9 Å². The minimum absolute atomic E-state index is 0.326. The van der Waals surface area contributed by atoms with Crippen molar-refractivity contribution in [3.8, 4) is 0 Å². The molecule has 74 valence electrons. The summed E-state index contributed by atoms with van der Waals surface area (Å²) >= 11 is 0. The van der Waals surface area contributed by atoms with E-state index >= 15 is 0 Å². The normalized spacial score (nSPS) is 14.4. The Morgan fingerprint density at radius 2 is 1.75 bits per heavy atom. The largest absolute Gasteiger partial charge is 0.343 e. The number of nitrogens with zero attached hydrogens (tertiary/aromatic N) is 1. The van der Waals surface area contributed by atoms with E-state index in [1.807, 2.05) is 39.5 Å². The highest BCUT2D eigenvalue weighted by Crippen LogP contribution is 2.07. The van der Waals surface area contributed by atoms with Crippen LogP contribution in [0.25, 0.3) is 0 Å². The van der Waals surface area contributed by atoms with Crippen molar-refractivity contribution in [2.75, 3.05) is 13.1 Å². The molecule has 0 aromatic heterocycles. The zero-order valence-corrected chi connectivity index (χ0v) is 9.18. The standard InChI is InChI=1S/C6H11NO.2C2H6/c1-2-7-5-3-4-6(7)8;2*1-2/h2-5H2,1H3;2*1-2H3. The minimum Gasteiger partial charge on any atom is -0.343 e. The fourth-order valence-corrected chi connectivity index (χ4v) is 1.04. The summed E-state index contributed by atoms with van der Waals surface area (Å²) in [5.41, 5.74) is 0.